The van der Waals surface area contributed by atoms with Gasteiger partial charge in [0.15, 0.2) is 0 Å². The Hall–Kier alpha value is -1.28. The maximum Gasteiger partial charge on any atom is 0.124 e. The summed E-state index contributed by atoms with van der Waals surface area (Å²) in [6, 6.07) is 6.73. The molecule has 0 aliphatic heterocycles. The van der Waals surface area contributed by atoms with Crippen molar-refractivity contribution in [3.63, 3.8) is 0 Å². The molecule has 0 saturated carbocycles. The molecule has 1 rings (SSSR count). The van der Waals surface area contributed by atoms with Gasteiger partial charge in [0, 0.05) is 18.2 Å². The van der Waals surface area contributed by atoms with E-state index >= 15 is 0 Å². The number of hydrogen-bond acceptors (Lipinski definition) is 2. The highest BCUT2D eigenvalue weighted by Crippen LogP contribution is 2.20. The molecule has 0 amide bonds. The summed E-state index contributed by atoms with van der Waals surface area (Å²) in [5, 5.41) is 3.40. The third-order valence-corrected chi connectivity index (χ3v) is 2.27. The highest BCUT2D eigenvalue weighted by molar-refractivity contribution is 5.37. The summed E-state index contributed by atoms with van der Waals surface area (Å²) in [4.78, 5) is 0. The maximum absolute atomic E-state index is 5.62. The number of hydrogen-bond donors (Lipinski definition) is 1. The summed E-state index contributed by atoms with van der Waals surface area (Å²) in [7, 11) is 0. The molecule has 0 aliphatic rings. The van der Waals surface area contributed by atoms with E-state index in [2.05, 4.69) is 44.8 Å². The van der Waals surface area contributed by atoms with Gasteiger partial charge >= 0.3 is 0 Å². The Labute approximate surface area is 98.3 Å². The summed E-state index contributed by atoms with van der Waals surface area (Å²) >= 11 is 0. The zero-order chi connectivity index (χ0) is 12.0. The lowest BCUT2D eigenvalue weighted by Gasteiger charge is -2.13. The van der Waals surface area contributed by atoms with E-state index < -0.39 is 0 Å². The lowest BCUT2D eigenvalue weighted by atomic mass is 10.1. The highest BCUT2D eigenvalue weighted by atomic mass is 16.5. The molecule has 1 aromatic carbocycles. The van der Waals surface area contributed by atoms with Gasteiger partial charge in [-0.3, -0.25) is 0 Å². The molecule has 16 heavy (non-hydrogen) atoms. The Kier molecular flexibility index (Phi) is 5.06. The largest absolute Gasteiger partial charge is 0.489 e. The molecule has 0 heterocycles. The molecule has 2 nitrogen and oxygen atoms in total. The molecule has 1 N–H and O–H groups in total. The molecule has 0 bridgehead atoms. The smallest absolute Gasteiger partial charge is 0.124 e. The predicted molar refractivity (Wildman–Crippen MR) is 68.8 cm³/mol. The van der Waals surface area contributed by atoms with Crippen LogP contribution in [0.25, 0.3) is 0 Å². The molecule has 0 saturated heterocycles. The van der Waals surface area contributed by atoms with Crippen molar-refractivity contribution in [2.75, 3.05) is 6.61 Å². The Bertz CT molecular complexity index is 345. The van der Waals surface area contributed by atoms with E-state index in [9.17, 15) is 0 Å². The summed E-state index contributed by atoms with van der Waals surface area (Å²) in [6.45, 7) is 11.4. The molecule has 1 aromatic rings. The van der Waals surface area contributed by atoms with Gasteiger partial charge in [0.1, 0.15) is 12.4 Å². The van der Waals surface area contributed by atoms with Crippen LogP contribution in [0.2, 0.25) is 0 Å². The quantitative estimate of drug-likeness (QED) is 0.742. The van der Waals surface area contributed by atoms with Crippen molar-refractivity contribution in [1.29, 1.82) is 0 Å². The first kappa shape index (κ1) is 12.8. The SMILES string of the molecule is C=CCOc1ccc(C)cc1CNC(C)C. The van der Waals surface area contributed by atoms with Crippen molar-refractivity contribution in [3.8, 4) is 5.75 Å². The Balaban J connectivity index is 2.76. The van der Waals surface area contributed by atoms with Gasteiger partial charge in [-0.15, -0.1) is 0 Å². The van der Waals surface area contributed by atoms with Crippen molar-refractivity contribution < 1.29 is 4.74 Å². The van der Waals surface area contributed by atoms with E-state index in [1.54, 1.807) is 6.08 Å². The van der Waals surface area contributed by atoms with Crippen LogP contribution in [0, 0.1) is 6.92 Å². The minimum atomic E-state index is 0.479. The van der Waals surface area contributed by atoms with E-state index in [1.807, 2.05) is 6.07 Å². The third kappa shape index (κ3) is 4.07. The van der Waals surface area contributed by atoms with Crippen molar-refractivity contribution in [2.24, 2.45) is 0 Å². The molecular formula is C14H21NO. The summed E-state index contributed by atoms with van der Waals surface area (Å²) in [5.74, 6) is 0.943. The minimum absolute atomic E-state index is 0.479. The number of aryl methyl sites for hydroxylation is 1. The monoisotopic (exact) mass is 219 g/mol. The topological polar surface area (TPSA) is 21.3 Å². The second-order valence-corrected chi connectivity index (χ2v) is 4.25. The summed E-state index contributed by atoms with van der Waals surface area (Å²) < 4.78 is 5.62. The molecule has 0 aliphatic carbocycles. The standard InChI is InChI=1S/C14H21NO/c1-5-8-16-14-7-6-12(4)9-13(14)10-15-11(2)3/h5-7,9,11,15H,1,8,10H2,2-4H3. The number of nitrogens with one attached hydrogen (secondary N) is 1. The van der Waals surface area contributed by atoms with E-state index in [0.717, 1.165) is 12.3 Å². The number of benzene rings is 1. The highest BCUT2D eigenvalue weighted by Gasteiger charge is 2.04. The molecule has 88 valence electrons. The molecule has 2 heteroatoms. The van der Waals surface area contributed by atoms with Gasteiger partial charge in [-0.2, -0.15) is 0 Å². The Morgan fingerprint density at radius 3 is 2.81 bits per heavy atom. The zero-order valence-corrected chi connectivity index (χ0v) is 10.4. The molecule has 0 radical (unpaired) electrons. The first-order valence-electron chi connectivity index (χ1n) is 5.70. The van der Waals surface area contributed by atoms with E-state index in [1.165, 1.54) is 11.1 Å². The van der Waals surface area contributed by atoms with Gasteiger partial charge < -0.3 is 10.1 Å². The molecule has 0 aromatic heterocycles. The molecule has 0 unspecified atom stereocenters. The third-order valence-electron chi connectivity index (χ3n) is 2.27. The van der Waals surface area contributed by atoms with Crippen LogP contribution in [0.4, 0.5) is 0 Å². The van der Waals surface area contributed by atoms with Gasteiger partial charge in [0.05, 0.1) is 0 Å². The average Bonchev–Trinajstić information content (AvgIpc) is 2.25. The predicted octanol–water partition coefficient (Wildman–Crippen LogP) is 3.06. The lowest BCUT2D eigenvalue weighted by molar-refractivity contribution is 0.357. The molecule has 0 spiro atoms. The Morgan fingerprint density at radius 1 is 1.44 bits per heavy atom. The van der Waals surface area contributed by atoms with Crippen LogP contribution in [0.1, 0.15) is 25.0 Å². The van der Waals surface area contributed by atoms with E-state index in [0.29, 0.717) is 12.6 Å². The second-order valence-electron chi connectivity index (χ2n) is 4.25. The van der Waals surface area contributed by atoms with Crippen LogP contribution in [0.5, 0.6) is 5.75 Å². The van der Waals surface area contributed by atoms with Gasteiger partial charge in [-0.1, -0.05) is 44.2 Å². The van der Waals surface area contributed by atoms with Crippen LogP contribution in [0.3, 0.4) is 0 Å². The second kappa shape index (κ2) is 6.33. The maximum atomic E-state index is 5.62. The van der Waals surface area contributed by atoms with Gasteiger partial charge in [-0.05, 0) is 13.0 Å². The van der Waals surface area contributed by atoms with Crippen LogP contribution in [0.15, 0.2) is 30.9 Å². The fourth-order valence-electron chi connectivity index (χ4n) is 1.45. The van der Waals surface area contributed by atoms with Crippen LogP contribution in [-0.4, -0.2) is 12.6 Å². The average molecular weight is 219 g/mol. The molecular weight excluding hydrogens is 198 g/mol. The van der Waals surface area contributed by atoms with Crippen molar-refractivity contribution in [3.05, 3.63) is 42.0 Å². The van der Waals surface area contributed by atoms with Crippen LogP contribution < -0.4 is 10.1 Å². The van der Waals surface area contributed by atoms with E-state index in [-0.39, 0.29) is 0 Å². The van der Waals surface area contributed by atoms with E-state index in [4.69, 9.17) is 4.74 Å². The van der Waals surface area contributed by atoms with Gasteiger partial charge in [-0.25, -0.2) is 0 Å². The first-order chi connectivity index (χ1) is 7.63. The molecule has 0 atom stereocenters. The van der Waals surface area contributed by atoms with Crippen molar-refractivity contribution >= 4 is 0 Å². The fourth-order valence-corrected chi connectivity index (χ4v) is 1.45. The minimum Gasteiger partial charge on any atom is -0.489 e. The van der Waals surface area contributed by atoms with Gasteiger partial charge in [0.2, 0.25) is 0 Å². The van der Waals surface area contributed by atoms with Crippen molar-refractivity contribution in [1.82, 2.24) is 5.32 Å². The fraction of sp³-hybridized carbons (Fsp3) is 0.429. The summed E-state index contributed by atoms with van der Waals surface area (Å²) in [5.41, 5.74) is 2.46. The Morgan fingerprint density at radius 2 is 2.19 bits per heavy atom. The van der Waals surface area contributed by atoms with Gasteiger partial charge in [0.25, 0.3) is 0 Å². The zero-order valence-electron chi connectivity index (χ0n) is 10.4. The van der Waals surface area contributed by atoms with Crippen molar-refractivity contribution in [2.45, 2.75) is 33.4 Å². The lowest BCUT2D eigenvalue weighted by Crippen LogP contribution is -2.22. The van der Waals surface area contributed by atoms with Crippen LogP contribution in [-0.2, 0) is 6.54 Å². The summed E-state index contributed by atoms with van der Waals surface area (Å²) in [6.07, 6.45) is 1.76. The van der Waals surface area contributed by atoms with Crippen LogP contribution >= 0.6 is 0 Å². The molecule has 0 fully saturated rings. The normalized spacial score (nSPS) is 10.5. The first-order valence-corrected chi connectivity index (χ1v) is 5.70. The number of ether oxygens (including phenoxy) is 1. The number of rotatable bonds is 6.